The summed E-state index contributed by atoms with van der Waals surface area (Å²) in [5, 5.41) is 13.6. The molecule has 0 radical (unpaired) electrons. The lowest BCUT2D eigenvalue weighted by Gasteiger charge is -2.33. The number of carbonyl (C=O) groups excluding carboxylic acids is 2. The van der Waals surface area contributed by atoms with Crippen molar-refractivity contribution >= 4 is 21.9 Å². The lowest BCUT2D eigenvalue weighted by Crippen LogP contribution is -2.44. The van der Waals surface area contributed by atoms with Crippen LogP contribution in [0, 0.1) is 5.92 Å². The Morgan fingerprint density at radius 2 is 1.75 bits per heavy atom. The molecule has 11 heteroatoms. The highest BCUT2D eigenvalue weighted by Gasteiger charge is 2.33. The first-order valence-corrected chi connectivity index (χ1v) is 13.4. The Labute approximate surface area is 210 Å². The largest absolute Gasteiger partial charge is 0.466 e. The zero-order valence-electron chi connectivity index (χ0n) is 20.0. The molecular weight excluding hydrogens is 482 g/mol. The normalized spacial score (nSPS) is 15.4. The molecule has 1 atom stereocenters. The van der Waals surface area contributed by atoms with E-state index in [0.717, 1.165) is 5.56 Å². The Morgan fingerprint density at radius 1 is 1.08 bits per heavy atom. The predicted molar refractivity (Wildman–Crippen MR) is 132 cm³/mol. The van der Waals surface area contributed by atoms with Crippen molar-refractivity contribution in [1.29, 1.82) is 0 Å². The molecule has 1 fully saturated rings. The van der Waals surface area contributed by atoms with E-state index in [2.05, 4.69) is 10.3 Å². The first kappa shape index (κ1) is 25.5. The van der Waals surface area contributed by atoms with Gasteiger partial charge in [0, 0.05) is 25.1 Å². The molecule has 4 rings (SSSR count). The van der Waals surface area contributed by atoms with Gasteiger partial charge >= 0.3 is 5.97 Å². The lowest BCUT2D eigenvalue weighted by molar-refractivity contribution is -0.151. The fourth-order valence-corrected chi connectivity index (χ4v) is 4.83. The van der Waals surface area contributed by atoms with Crippen molar-refractivity contribution in [2.75, 3.05) is 19.7 Å². The van der Waals surface area contributed by atoms with E-state index in [4.69, 9.17) is 9.88 Å². The highest BCUT2D eigenvalue weighted by atomic mass is 32.2. The number of hydrogen-bond donors (Lipinski definition) is 1. The minimum Gasteiger partial charge on any atom is -0.466 e. The van der Waals surface area contributed by atoms with Gasteiger partial charge in [-0.1, -0.05) is 47.7 Å². The monoisotopic (exact) mass is 511 g/mol. The molecule has 36 heavy (non-hydrogen) atoms. The number of ether oxygens (including phenoxy) is 1. The zero-order valence-corrected chi connectivity index (χ0v) is 20.8. The summed E-state index contributed by atoms with van der Waals surface area (Å²) in [6.45, 7) is 3.05. The van der Waals surface area contributed by atoms with E-state index in [-0.39, 0.29) is 22.7 Å². The third-order valence-electron chi connectivity index (χ3n) is 6.29. The number of sulfonamides is 1. The van der Waals surface area contributed by atoms with Crippen molar-refractivity contribution < 1.29 is 22.7 Å². The van der Waals surface area contributed by atoms with E-state index in [1.807, 2.05) is 30.3 Å². The van der Waals surface area contributed by atoms with E-state index in [1.165, 1.54) is 12.1 Å². The molecule has 190 valence electrons. The third kappa shape index (κ3) is 5.97. The van der Waals surface area contributed by atoms with E-state index in [1.54, 1.807) is 34.8 Å². The van der Waals surface area contributed by atoms with E-state index >= 15 is 0 Å². The Hall–Kier alpha value is -3.57. The van der Waals surface area contributed by atoms with Crippen LogP contribution < -0.4 is 5.14 Å². The van der Waals surface area contributed by atoms with Crippen molar-refractivity contribution in [3.05, 3.63) is 66.4 Å². The Kier molecular flexibility index (Phi) is 7.80. The summed E-state index contributed by atoms with van der Waals surface area (Å²) in [4.78, 5) is 27.5. The summed E-state index contributed by atoms with van der Waals surface area (Å²) in [6.07, 6.45) is 3.22. The maximum atomic E-state index is 13.6. The first-order valence-electron chi connectivity index (χ1n) is 11.8. The number of likely N-dealkylation sites (tertiary alicyclic amines) is 1. The fourth-order valence-electron chi connectivity index (χ4n) is 4.31. The second-order valence-corrected chi connectivity index (χ2v) is 10.3. The molecule has 0 bridgehead atoms. The number of rotatable bonds is 8. The SMILES string of the molecule is CCOC(=O)C1CCN(C(=O)C(Cc2ccccc2)n2cc(-c3ccc(S(N)(=O)=O)cc3)nn2)CC1. The van der Waals surface area contributed by atoms with Gasteiger partial charge in [0.25, 0.3) is 0 Å². The van der Waals surface area contributed by atoms with Gasteiger partial charge in [-0.05, 0) is 37.5 Å². The molecule has 0 saturated carbocycles. The number of esters is 1. The van der Waals surface area contributed by atoms with E-state index in [9.17, 15) is 18.0 Å². The van der Waals surface area contributed by atoms with E-state index < -0.39 is 16.1 Å². The Balaban J connectivity index is 1.55. The number of nitrogens with zero attached hydrogens (tertiary/aromatic N) is 4. The molecule has 2 heterocycles. The van der Waals surface area contributed by atoms with Gasteiger partial charge in [0.05, 0.1) is 23.6 Å². The van der Waals surface area contributed by atoms with Gasteiger partial charge in [-0.2, -0.15) is 0 Å². The van der Waals surface area contributed by atoms with Crippen LogP contribution >= 0.6 is 0 Å². The van der Waals surface area contributed by atoms with E-state index in [0.29, 0.717) is 50.2 Å². The molecule has 1 aliphatic rings. The highest BCUT2D eigenvalue weighted by molar-refractivity contribution is 7.89. The fraction of sp³-hybridized carbons (Fsp3) is 0.360. The average molecular weight is 512 g/mol. The zero-order chi connectivity index (χ0) is 25.7. The molecule has 1 aliphatic heterocycles. The summed E-state index contributed by atoms with van der Waals surface area (Å²) >= 11 is 0. The third-order valence-corrected chi connectivity index (χ3v) is 7.22. The smallest absolute Gasteiger partial charge is 0.309 e. The minimum atomic E-state index is -3.80. The van der Waals surface area contributed by atoms with Crippen molar-refractivity contribution in [2.45, 2.75) is 37.1 Å². The number of primary sulfonamides is 1. The molecule has 0 spiro atoms. The van der Waals surface area contributed by atoms with Gasteiger partial charge in [0.15, 0.2) is 0 Å². The number of amides is 1. The van der Waals surface area contributed by atoms with Gasteiger partial charge in [-0.3, -0.25) is 9.59 Å². The molecule has 3 aromatic rings. The molecule has 2 N–H and O–H groups in total. The second kappa shape index (κ2) is 11.0. The number of benzene rings is 2. The van der Waals surface area contributed by atoms with Crippen molar-refractivity contribution in [1.82, 2.24) is 19.9 Å². The van der Waals surface area contributed by atoms with Gasteiger partial charge < -0.3 is 9.64 Å². The van der Waals surface area contributed by atoms with Crippen LogP contribution in [0.5, 0.6) is 0 Å². The predicted octanol–water partition coefficient (Wildman–Crippen LogP) is 2.18. The topological polar surface area (TPSA) is 137 Å². The lowest BCUT2D eigenvalue weighted by atomic mass is 9.96. The number of aromatic nitrogens is 3. The first-order chi connectivity index (χ1) is 17.3. The van der Waals surface area contributed by atoms with Crippen LogP contribution in [-0.4, -0.2) is 59.9 Å². The average Bonchev–Trinajstić information content (AvgIpc) is 3.37. The number of carbonyl (C=O) groups is 2. The molecule has 1 saturated heterocycles. The van der Waals surface area contributed by atoms with Crippen molar-refractivity contribution in [3.8, 4) is 11.3 Å². The molecule has 10 nitrogen and oxygen atoms in total. The summed E-state index contributed by atoms with van der Waals surface area (Å²) in [5.74, 6) is -0.498. The molecule has 2 aromatic carbocycles. The summed E-state index contributed by atoms with van der Waals surface area (Å²) < 4.78 is 29.8. The molecule has 1 unspecified atom stereocenters. The molecular formula is C25H29N5O5S. The number of nitrogens with two attached hydrogens (primary N) is 1. The van der Waals surface area contributed by atoms with Crippen LogP contribution in [0.25, 0.3) is 11.3 Å². The Morgan fingerprint density at radius 3 is 2.36 bits per heavy atom. The minimum absolute atomic E-state index is 0.00185. The Bertz CT molecular complexity index is 1300. The van der Waals surface area contributed by atoms with Gasteiger partial charge in [-0.25, -0.2) is 18.2 Å². The quantitative estimate of drug-likeness (QED) is 0.458. The summed E-state index contributed by atoms with van der Waals surface area (Å²) in [5.41, 5.74) is 2.13. The molecule has 1 amide bonds. The van der Waals surface area contributed by atoms with Crippen molar-refractivity contribution in [3.63, 3.8) is 0 Å². The van der Waals surface area contributed by atoms with Crippen LogP contribution in [0.3, 0.4) is 0 Å². The standard InChI is InChI=1S/C25H29N5O5S/c1-2-35-25(32)20-12-14-29(15-13-20)24(31)23(16-18-6-4-3-5-7-18)30-17-22(27-28-30)19-8-10-21(11-9-19)36(26,33)34/h3-11,17,20,23H,2,12-16H2,1H3,(H2,26,33,34). The van der Waals surface area contributed by atoms with Gasteiger partial charge in [0.2, 0.25) is 15.9 Å². The van der Waals surface area contributed by atoms with Crippen LogP contribution in [0.1, 0.15) is 31.4 Å². The maximum absolute atomic E-state index is 13.6. The maximum Gasteiger partial charge on any atom is 0.309 e. The van der Waals surface area contributed by atoms with Crippen molar-refractivity contribution in [2.24, 2.45) is 11.1 Å². The van der Waals surface area contributed by atoms with Crippen LogP contribution in [-0.2, 0) is 30.8 Å². The van der Waals surface area contributed by atoms with Gasteiger partial charge in [-0.15, -0.1) is 5.10 Å². The second-order valence-electron chi connectivity index (χ2n) is 8.71. The highest BCUT2D eigenvalue weighted by Crippen LogP contribution is 2.25. The number of piperidine rings is 1. The van der Waals surface area contributed by atoms with Crippen LogP contribution in [0.4, 0.5) is 0 Å². The van der Waals surface area contributed by atoms with Crippen LogP contribution in [0.15, 0.2) is 65.7 Å². The van der Waals surface area contributed by atoms with Gasteiger partial charge in [0.1, 0.15) is 11.7 Å². The molecule has 1 aromatic heterocycles. The number of hydrogen-bond acceptors (Lipinski definition) is 7. The van der Waals surface area contributed by atoms with Crippen LogP contribution in [0.2, 0.25) is 0 Å². The summed E-state index contributed by atoms with van der Waals surface area (Å²) in [7, 11) is -3.80. The molecule has 0 aliphatic carbocycles. The summed E-state index contributed by atoms with van der Waals surface area (Å²) in [6, 6.07) is 15.0.